The number of halogens is 3. The highest BCUT2D eigenvalue weighted by atomic mass is 32.1. The zero-order valence-electron chi connectivity index (χ0n) is 15.7. The number of fused-ring (bicyclic) bond motifs is 1. The van der Waals surface area contributed by atoms with Crippen molar-refractivity contribution in [1.82, 2.24) is 15.0 Å². The molecule has 1 aliphatic rings. The van der Waals surface area contributed by atoms with E-state index in [1.54, 1.807) is 42.3 Å². The number of thiophene rings is 1. The van der Waals surface area contributed by atoms with Crippen molar-refractivity contribution < 1.29 is 32.0 Å². The number of methoxy groups -OCH3 is 1. The average molecular weight is 439 g/mol. The van der Waals surface area contributed by atoms with Gasteiger partial charge in [0.1, 0.15) is 11.5 Å². The lowest BCUT2D eigenvalue weighted by atomic mass is 10.1. The number of carbonyl (C=O) groups is 1. The van der Waals surface area contributed by atoms with E-state index >= 15 is 0 Å². The van der Waals surface area contributed by atoms with Gasteiger partial charge < -0.3 is 18.9 Å². The molecule has 2 aromatic heterocycles. The second-order valence-electron chi connectivity index (χ2n) is 6.51. The molecule has 0 N–H and O–H groups in total. The van der Waals surface area contributed by atoms with Crippen LogP contribution >= 0.6 is 11.3 Å². The summed E-state index contributed by atoms with van der Waals surface area (Å²) in [5, 5.41) is 3.42. The first-order valence-corrected chi connectivity index (χ1v) is 9.72. The van der Waals surface area contributed by atoms with E-state index in [1.165, 1.54) is 11.3 Å². The van der Waals surface area contributed by atoms with Gasteiger partial charge in [0.2, 0.25) is 5.82 Å². The fourth-order valence-electron chi connectivity index (χ4n) is 3.02. The molecule has 1 amide bonds. The van der Waals surface area contributed by atoms with Gasteiger partial charge in [-0.1, -0.05) is 11.2 Å². The van der Waals surface area contributed by atoms with Crippen molar-refractivity contribution in [2.45, 2.75) is 19.1 Å². The number of hydrogen-bond donors (Lipinski definition) is 0. The molecule has 3 heterocycles. The maximum absolute atomic E-state index is 12.7. The molecule has 30 heavy (non-hydrogen) atoms. The molecule has 0 saturated heterocycles. The number of benzene rings is 1. The molecule has 1 aromatic carbocycles. The van der Waals surface area contributed by atoms with E-state index in [-0.39, 0.29) is 18.3 Å². The molecule has 0 fully saturated rings. The van der Waals surface area contributed by atoms with Crippen LogP contribution in [0, 0.1) is 0 Å². The smallest absolute Gasteiger partial charge is 0.471 e. The van der Waals surface area contributed by atoms with Crippen LogP contribution in [0.1, 0.15) is 16.3 Å². The van der Waals surface area contributed by atoms with E-state index in [1.807, 2.05) is 0 Å². The minimum atomic E-state index is -4.69. The summed E-state index contributed by atoms with van der Waals surface area (Å²) in [5.41, 5.74) is 0.856. The summed E-state index contributed by atoms with van der Waals surface area (Å²) in [6, 6.07) is 8.66. The third-order valence-corrected chi connectivity index (χ3v) is 5.74. The van der Waals surface area contributed by atoms with Crippen LogP contribution in [0.15, 0.2) is 34.9 Å². The zero-order chi connectivity index (χ0) is 21.3. The number of amides is 1. The van der Waals surface area contributed by atoms with Gasteiger partial charge in [0, 0.05) is 24.0 Å². The molecule has 7 nitrogen and oxygen atoms in total. The molecule has 11 heteroatoms. The lowest BCUT2D eigenvalue weighted by Crippen LogP contribution is -2.38. The Morgan fingerprint density at radius 3 is 2.83 bits per heavy atom. The van der Waals surface area contributed by atoms with Gasteiger partial charge in [0.05, 0.1) is 12.0 Å². The van der Waals surface area contributed by atoms with Gasteiger partial charge in [-0.25, -0.2) is 0 Å². The average Bonchev–Trinajstić information content (AvgIpc) is 3.38. The third-order valence-electron chi connectivity index (χ3n) is 4.51. The largest absolute Gasteiger partial charge is 0.497 e. The van der Waals surface area contributed by atoms with Crippen LogP contribution in [0.3, 0.4) is 0 Å². The van der Waals surface area contributed by atoms with Crippen LogP contribution in [0.2, 0.25) is 0 Å². The Hall–Kier alpha value is -3.08. The highest BCUT2D eigenvalue weighted by molar-refractivity contribution is 7.15. The Balaban J connectivity index is 1.41. The highest BCUT2D eigenvalue weighted by Gasteiger charge is 2.38. The Labute approximate surface area is 173 Å². The Kier molecular flexibility index (Phi) is 5.37. The number of hydrogen-bond acceptors (Lipinski definition) is 7. The van der Waals surface area contributed by atoms with E-state index in [2.05, 4.69) is 14.7 Å². The molecule has 3 aromatic rings. The molecule has 0 saturated carbocycles. The normalized spacial score (nSPS) is 13.8. The first-order chi connectivity index (χ1) is 14.3. The first-order valence-electron chi connectivity index (χ1n) is 8.91. The number of rotatable bonds is 5. The number of carbonyl (C=O) groups excluding carboxylic acids is 1. The van der Waals surface area contributed by atoms with Crippen LogP contribution in [0.4, 0.5) is 13.2 Å². The van der Waals surface area contributed by atoms with E-state index in [4.69, 9.17) is 9.47 Å². The summed E-state index contributed by atoms with van der Waals surface area (Å²) in [5.74, 6) is -0.522. The van der Waals surface area contributed by atoms with E-state index in [9.17, 15) is 18.0 Å². The molecule has 0 spiro atoms. The van der Waals surface area contributed by atoms with Crippen molar-refractivity contribution in [3.05, 3.63) is 46.7 Å². The number of nitrogens with zero attached hydrogens (tertiary/aromatic N) is 3. The van der Waals surface area contributed by atoms with E-state index in [0.29, 0.717) is 35.9 Å². The second kappa shape index (κ2) is 7.98. The van der Waals surface area contributed by atoms with Gasteiger partial charge in [0.25, 0.3) is 5.91 Å². The fourth-order valence-corrected chi connectivity index (χ4v) is 4.11. The summed E-state index contributed by atoms with van der Waals surface area (Å²) in [6.07, 6.45) is -4.09. The van der Waals surface area contributed by atoms with Crippen molar-refractivity contribution >= 4 is 17.2 Å². The molecule has 0 atom stereocenters. The lowest BCUT2D eigenvalue weighted by Gasteiger charge is -2.26. The predicted octanol–water partition coefficient (Wildman–Crippen LogP) is 3.79. The third kappa shape index (κ3) is 4.25. The summed E-state index contributed by atoms with van der Waals surface area (Å²) in [4.78, 5) is 19.1. The number of alkyl halides is 3. The first kappa shape index (κ1) is 20.2. The van der Waals surface area contributed by atoms with Crippen molar-refractivity contribution in [1.29, 1.82) is 0 Å². The summed E-state index contributed by atoms with van der Waals surface area (Å²) in [6.45, 7) is 0.711. The van der Waals surface area contributed by atoms with Gasteiger partial charge >= 0.3 is 12.1 Å². The van der Waals surface area contributed by atoms with Crippen LogP contribution in [-0.4, -0.2) is 41.2 Å². The highest BCUT2D eigenvalue weighted by Crippen LogP contribution is 2.35. The minimum Gasteiger partial charge on any atom is -0.497 e. The molecule has 0 radical (unpaired) electrons. The Morgan fingerprint density at radius 2 is 2.10 bits per heavy atom. The molecule has 0 bridgehead atoms. The molecule has 0 unspecified atom stereocenters. The van der Waals surface area contributed by atoms with Crippen molar-refractivity contribution in [2.24, 2.45) is 0 Å². The van der Waals surface area contributed by atoms with Gasteiger partial charge in [-0.15, -0.1) is 11.3 Å². The molecule has 1 aliphatic heterocycles. The summed E-state index contributed by atoms with van der Waals surface area (Å²) < 4.78 is 53.0. The predicted molar refractivity (Wildman–Crippen MR) is 100 cm³/mol. The minimum absolute atomic E-state index is 0.110. The molecule has 0 aliphatic carbocycles. The molecular formula is C19H16F3N3O4S. The topological polar surface area (TPSA) is 77.7 Å². The van der Waals surface area contributed by atoms with Crippen molar-refractivity contribution in [2.75, 3.05) is 20.3 Å². The zero-order valence-corrected chi connectivity index (χ0v) is 16.5. The SMILES string of the molecule is COc1cccc(OCC(=O)N2CCc3sc(-c4noc(C(F)(F)F)n4)cc3C2)c1. The summed E-state index contributed by atoms with van der Waals surface area (Å²) >= 11 is 1.30. The van der Waals surface area contributed by atoms with Gasteiger partial charge in [0.15, 0.2) is 6.61 Å². The van der Waals surface area contributed by atoms with Crippen LogP contribution in [0.25, 0.3) is 10.7 Å². The maximum Gasteiger partial charge on any atom is 0.471 e. The van der Waals surface area contributed by atoms with Crippen LogP contribution in [0.5, 0.6) is 11.5 Å². The Bertz CT molecular complexity index is 1060. The second-order valence-corrected chi connectivity index (χ2v) is 7.65. The standard InChI is InChI=1S/C19H16F3N3O4S/c1-27-12-3-2-4-13(8-12)28-10-16(26)25-6-5-14-11(9-25)7-15(30-14)17-23-18(29-24-17)19(20,21)22/h2-4,7-8H,5-6,9-10H2,1H3. The summed E-state index contributed by atoms with van der Waals surface area (Å²) in [7, 11) is 1.54. The van der Waals surface area contributed by atoms with Gasteiger partial charge in [-0.3, -0.25) is 4.79 Å². The van der Waals surface area contributed by atoms with Crippen LogP contribution in [-0.2, 0) is 23.9 Å². The van der Waals surface area contributed by atoms with Gasteiger partial charge in [-0.05, 0) is 30.2 Å². The quantitative estimate of drug-likeness (QED) is 0.602. The van der Waals surface area contributed by atoms with Crippen molar-refractivity contribution in [3.8, 4) is 22.2 Å². The van der Waals surface area contributed by atoms with Gasteiger partial charge in [-0.2, -0.15) is 18.2 Å². The van der Waals surface area contributed by atoms with Crippen molar-refractivity contribution in [3.63, 3.8) is 0 Å². The van der Waals surface area contributed by atoms with Crippen LogP contribution < -0.4 is 9.47 Å². The van der Waals surface area contributed by atoms with E-state index in [0.717, 1.165) is 10.4 Å². The monoisotopic (exact) mass is 439 g/mol. The number of aromatic nitrogens is 2. The molecular weight excluding hydrogens is 423 g/mol. The number of ether oxygens (including phenoxy) is 2. The van der Waals surface area contributed by atoms with E-state index < -0.39 is 12.1 Å². The fraction of sp³-hybridized carbons (Fsp3) is 0.316. The molecule has 158 valence electrons. The Morgan fingerprint density at radius 1 is 1.30 bits per heavy atom. The molecule has 4 rings (SSSR count). The lowest BCUT2D eigenvalue weighted by molar-refractivity contribution is -0.159. The maximum atomic E-state index is 12.7.